The lowest BCUT2D eigenvalue weighted by Crippen LogP contribution is -2.37. The molecule has 0 aromatic carbocycles. The van der Waals surface area contributed by atoms with E-state index in [1.807, 2.05) is 6.20 Å². The van der Waals surface area contributed by atoms with E-state index in [1.165, 1.54) is 12.8 Å². The van der Waals surface area contributed by atoms with Crippen molar-refractivity contribution in [2.75, 3.05) is 6.54 Å². The molecule has 1 saturated carbocycles. The third-order valence-electron chi connectivity index (χ3n) is 2.15. The van der Waals surface area contributed by atoms with Gasteiger partial charge in [-0.1, -0.05) is 0 Å². The van der Waals surface area contributed by atoms with Crippen molar-refractivity contribution < 1.29 is 0 Å². The molecule has 0 bridgehead atoms. The van der Waals surface area contributed by atoms with Crippen molar-refractivity contribution in [3.8, 4) is 0 Å². The molecule has 0 radical (unpaired) electrons. The minimum Gasteiger partial charge on any atom is -0.362 e. The lowest BCUT2D eigenvalue weighted by molar-refractivity contribution is 0.803. The van der Waals surface area contributed by atoms with Crippen molar-refractivity contribution in [1.29, 1.82) is 0 Å². The maximum atomic E-state index is 5.12. The van der Waals surface area contributed by atoms with Crippen molar-refractivity contribution >= 4 is 17.3 Å². The summed E-state index contributed by atoms with van der Waals surface area (Å²) in [6.07, 6.45) is 6.95. The molecule has 2 rings (SSSR count). The molecule has 1 aromatic rings. The number of aromatic nitrogens is 2. The van der Waals surface area contributed by atoms with E-state index in [0.717, 1.165) is 23.8 Å². The highest BCUT2D eigenvalue weighted by atomic mass is 32.1. The second-order valence-corrected chi connectivity index (χ2v) is 3.91. The molecule has 1 aromatic heterocycles. The first-order valence-electron chi connectivity index (χ1n) is 4.86. The zero-order chi connectivity index (χ0) is 9.80. The van der Waals surface area contributed by atoms with E-state index in [0.29, 0.717) is 6.04 Å². The standard InChI is InChI=1S/C9H14N4S/c14-9(13-7-1-2-7)11-4-3-8-5-10-6-12-8/h5-7H,1-4H2,(H,10,12)(H2,11,13,14). The van der Waals surface area contributed by atoms with Crippen molar-refractivity contribution in [1.82, 2.24) is 20.6 Å². The van der Waals surface area contributed by atoms with Crippen LogP contribution in [0.15, 0.2) is 12.5 Å². The van der Waals surface area contributed by atoms with Crippen molar-refractivity contribution in [2.24, 2.45) is 0 Å². The van der Waals surface area contributed by atoms with E-state index >= 15 is 0 Å². The summed E-state index contributed by atoms with van der Waals surface area (Å²) >= 11 is 5.12. The van der Waals surface area contributed by atoms with Crippen LogP contribution in [-0.2, 0) is 6.42 Å². The number of nitrogens with zero attached hydrogens (tertiary/aromatic N) is 1. The molecule has 0 atom stereocenters. The summed E-state index contributed by atoms with van der Waals surface area (Å²) in [4.78, 5) is 7.00. The summed E-state index contributed by atoms with van der Waals surface area (Å²) in [6.45, 7) is 0.848. The van der Waals surface area contributed by atoms with E-state index in [4.69, 9.17) is 12.2 Å². The molecular formula is C9H14N4S. The van der Waals surface area contributed by atoms with E-state index < -0.39 is 0 Å². The van der Waals surface area contributed by atoms with Crippen LogP contribution in [0.4, 0.5) is 0 Å². The zero-order valence-corrected chi connectivity index (χ0v) is 8.73. The lowest BCUT2D eigenvalue weighted by atomic mass is 10.3. The van der Waals surface area contributed by atoms with Crippen LogP contribution in [0.1, 0.15) is 18.5 Å². The van der Waals surface area contributed by atoms with E-state index in [-0.39, 0.29) is 0 Å². The molecule has 1 aliphatic carbocycles. The van der Waals surface area contributed by atoms with E-state index in [1.54, 1.807) is 6.33 Å². The maximum Gasteiger partial charge on any atom is 0.166 e. The van der Waals surface area contributed by atoms with Crippen molar-refractivity contribution in [3.63, 3.8) is 0 Å². The van der Waals surface area contributed by atoms with Gasteiger partial charge in [-0.3, -0.25) is 0 Å². The lowest BCUT2D eigenvalue weighted by Gasteiger charge is -2.08. The van der Waals surface area contributed by atoms with E-state index in [2.05, 4.69) is 20.6 Å². The molecule has 0 unspecified atom stereocenters. The fourth-order valence-corrected chi connectivity index (χ4v) is 1.46. The highest BCUT2D eigenvalue weighted by Gasteiger charge is 2.21. The number of hydrogen-bond acceptors (Lipinski definition) is 2. The predicted octanol–water partition coefficient (Wildman–Crippen LogP) is 0.579. The Labute approximate surface area is 88.5 Å². The van der Waals surface area contributed by atoms with Crippen LogP contribution < -0.4 is 10.6 Å². The first-order valence-corrected chi connectivity index (χ1v) is 5.27. The van der Waals surface area contributed by atoms with Crippen molar-refractivity contribution in [2.45, 2.75) is 25.3 Å². The number of imidazole rings is 1. The molecule has 4 nitrogen and oxygen atoms in total. The van der Waals surface area contributed by atoms with Gasteiger partial charge >= 0.3 is 0 Å². The second kappa shape index (κ2) is 4.41. The van der Waals surface area contributed by atoms with Crippen LogP contribution in [0, 0.1) is 0 Å². The molecule has 5 heteroatoms. The minimum absolute atomic E-state index is 0.627. The Morgan fingerprint density at radius 1 is 1.64 bits per heavy atom. The van der Waals surface area contributed by atoms with Gasteiger partial charge in [0.05, 0.1) is 6.33 Å². The van der Waals surface area contributed by atoms with Crippen LogP contribution in [-0.4, -0.2) is 27.7 Å². The molecule has 14 heavy (non-hydrogen) atoms. The molecule has 1 fully saturated rings. The average molecular weight is 210 g/mol. The Morgan fingerprint density at radius 2 is 2.50 bits per heavy atom. The van der Waals surface area contributed by atoms with Gasteiger partial charge in [0.15, 0.2) is 5.11 Å². The summed E-state index contributed by atoms with van der Waals surface area (Å²) in [5, 5.41) is 7.16. The fourth-order valence-electron chi connectivity index (χ4n) is 1.20. The quantitative estimate of drug-likeness (QED) is 0.636. The summed E-state index contributed by atoms with van der Waals surface area (Å²) in [6, 6.07) is 0.627. The first-order chi connectivity index (χ1) is 6.84. The molecule has 0 saturated heterocycles. The molecule has 0 spiro atoms. The number of nitrogens with one attached hydrogen (secondary N) is 3. The highest BCUT2D eigenvalue weighted by Crippen LogP contribution is 2.18. The average Bonchev–Trinajstić information content (AvgIpc) is 2.82. The van der Waals surface area contributed by atoms with Crippen molar-refractivity contribution in [3.05, 3.63) is 18.2 Å². The number of thiocarbonyl (C=S) groups is 1. The summed E-state index contributed by atoms with van der Waals surface area (Å²) in [5.41, 5.74) is 1.13. The second-order valence-electron chi connectivity index (χ2n) is 3.50. The number of hydrogen-bond donors (Lipinski definition) is 3. The molecule has 3 N–H and O–H groups in total. The van der Waals surface area contributed by atoms with Crippen LogP contribution in [0.2, 0.25) is 0 Å². The van der Waals surface area contributed by atoms with Gasteiger partial charge in [0.25, 0.3) is 0 Å². The molecule has 0 amide bonds. The topological polar surface area (TPSA) is 52.7 Å². The monoisotopic (exact) mass is 210 g/mol. The van der Waals surface area contributed by atoms with Gasteiger partial charge in [-0.2, -0.15) is 0 Å². The van der Waals surface area contributed by atoms with Gasteiger partial charge in [0.2, 0.25) is 0 Å². The molecule has 1 heterocycles. The minimum atomic E-state index is 0.627. The summed E-state index contributed by atoms with van der Waals surface area (Å²) in [5.74, 6) is 0. The van der Waals surface area contributed by atoms with Crippen LogP contribution >= 0.6 is 12.2 Å². The highest BCUT2D eigenvalue weighted by molar-refractivity contribution is 7.80. The van der Waals surface area contributed by atoms with Crippen LogP contribution in [0.5, 0.6) is 0 Å². The Bertz CT molecular complexity index is 292. The molecule has 0 aliphatic heterocycles. The van der Waals surface area contributed by atoms with E-state index in [9.17, 15) is 0 Å². The Balaban J connectivity index is 1.60. The van der Waals surface area contributed by atoms with Gasteiger partial charge < -0.3 is 15.6 Å². The largest absolute Gasteiger partial charge is 0.362 e. The molecule has 76 valence electrons. The Hall–Kier alpha value is -1.10. The van der Waals surface area contributed by atoms with Gasteiger partial charge in [-0.15, -0.1) is 0 Å². The van der Waals surface area contributed by atoms with Gasteiger partial charge in [-0.25, -0.2) is 4.98 Å². The van der Waals surface area contributed by atoms with Gasteiger partial charge in [0.1, 0.15) is 0 Å². The van der Waals surface area contributed by atoms with Crippen LogP contribution in [0.3, 0.4) is 0 Å². The maximum absolute atomic E-state index is 5.12. The normalized spacial score (nSPS) is 15.1. The number of H-pyrrole nitrogens is 1. The fraction of sp³-hybridized carbons (Fsp3) is 0.556. The Morgan fingerprint density at radius 3 is 3.14 bits per heavy atom. The van der Waals surface area contributed by atoms with Gasteiger partial charge in [-0.05, 0) is 25.1 Å². The summed E-state index contributed by atoms with van der Waals surface area (Å²) in [7, 11) is 0. The predicted molar refractivity (Wildman–Crippen MR) is 59.1 cm³/mol. The number of aromatic amines is 1. The molecule has 1 aliphatic rings. The SMILES string of the molecule is S=C(NCCc1cnc[nH]1)NC1CC1. The zero-order valence-electron chi connectivity index (χ0n) is 7.92. The summed E-state index contributed by atoms with van der Waals surface area (Å²) < 4.78 is 0. The van der Waals surface area contributed by atoms with Crippen LogP contribution in [0.25, 0.3) is 0 Å². The Kier molecular flexibility index (Phi) is 2.98. The molecular weight excluding hydrogens is 196 g/mol. The smallest absolute Gasteiger partial charge is 0.166 e. The number of rotatable bonds is 4. The third-order valence-corrected chi connectivity index (χ3v) is 2.41. The third kappa shape index (κ3) is 2.99. The van der Waals surface area contributed by atoms with Gasteiger partial charge in [0, 0.05) is 30.9 Å². The first kappa shape index (κ1) is 9.45.